The Balaban J connectivity index is 1.72. The van der Waals surface area contributed by atoms with Gasteiger partial charge in [-0.15, -0.1) is 21.5 Å². The summed E-state index contributed by atoms with van der Waals surface area (Å²) in [5.41, 5.74) is 1.03. The topological polar surface area (TPSA) is 106 Å². The maximum absolute atomic E-state index is 13.8. The summed E-state index contributed by atoms with van der Waals surface area (Å²) in [5, 5.41) is 17.3. The predicted octanol–water partition coefficient (Wildman–Crippen LogP) is 4.30. The first-order chi connectivity index (χ1) is 16.6. The van der Waals surface area contributed by atoms with Crippen LogP contribution in [-0.4, -0.2) is 37.6 Å². The molecular formula is C25H28N6O3S. The summed E-state index contributed by atoms with van der Waals surface area (Å²) >= 11 is 1.42. The van der Waals surface area contributed by atoms with E-state index in [-0.39, 0.29) is 24.2 Å². The number of rotatable bonds is 7. The number of anilines is 1. The monoisotopic (exact) mass is 492 g/mol. The molecule has 0 saturated heterocycles. The van der Waals surface area contributed by atoms with Gasteiger partial charge in [-0.3, -0.25) is 14.5 Å². The molecule has 0 aliphatic heterocycles. The first kappa shape index (κ1) is 24.3. The Morgan fingerprint density at radius 1 is 1.11 bits per heavy atom. The van der Waals surface area contributed by atoms with Crippen molar-refractivity contribution in [3.8, 4) is 11.6 Å². The number of hydrogen-bond donors (Lipinski definition) is 1. The van der Waals surface area contributed by atoms with Gasteiger partial charge in [-0.25, -0.2) is 0 Å². The van der Waals surface area contributed by atoms with E-state index in [4.69, 9.17) is 4.42 Å². The van der Waals surface area contributed by atoms with E-state index in [1.165, 1.54) is 21.0 Å². The average molecular weight is 493 g/mol. The maximum atomic E-state index is 13.8. The van der Waals surface area contributed by atoms with Crippen molar-refractivity contribution in [3.05, 3.63) is 70.1 Å². The highest BCUT2D eigenvalue weighted by atomic mass is 32.1. The standard InChI is InChI=1S/C25H28N6O3S/c1-16-9-6-7-10-18(16)31(22(20-11-8-14-35-20)24(33)26-25(3,4)5)21(32)15-30-28-23(27-29-30)19-13-12-17(2)34-19/h6-14,22H,15H2,1-5H3,(H,26,33)/t22-/m0/s1. The van der Waals surface area contributed by atoms with Crippen LogP contribution in [0.4, 0.5) is 5.69 Å². The number of carbonyl (C=O) groups excluding carboxylic acids is 2. The highest BCUT2D eigenvalue weighted by Crippen LogP contribution is 2.33. The second-order valence-corrected chi connectivity index (χ2v) is 10.2. The molecule has 0 fully saturated rings. The molecule has 1 atom stereocenters. The first-order valence-electron chi connectivity index (χ1n) is 11.2. The summed E-state index contributed by atoms with van der Waals surface area (Å²) in [5.74, 6) is 0.865. The van der Waals surface area contributed by atoms with Gasteiger partial charge in [0.1, 0.15) is 18.3 Å². The third-order valence-electron chi connectivity index (χ3n) is 5.15. The fraction of sp³-hybridized carbons (Fsp3) is 0.320. The van der Waals surface area contributed by atoms with Crippen molar-refractivity contribution < 1.29 is 14.0 Å². The van der Waals surface area contributed by atoms with Crippen molar-refractivity contribution in [3.63, 3.8) is 0 Å². The highest BCUT2D eigenvalue weighted by molar-refractivity contribution is 7.10. The van der Waals surface area contributed by atoms with Crippen LogP contribution in [-0.2, 0) is 16.1 Å². The molecule has 9 nitrogen and oxygen atoms in total. The number of nitrogens with one attached hydrogen (secondary N) is 1. The molecule has 0 aliphatic rings. The summed E-state index contributed by atoms with van der Waals surface area (Å²) in [6, 6.07) is 13.9. The van der Waals surface area contributed by atoms with Crippen LogP contribution >= 0.6 is 11.3 Å². The number of benzene rings is 1. The number of aromatic nitrogens is 4. The van der Waals surface area contributed by atoms with Crippen LogP contribution in [0.5, 0.6) is 0 Å². The van der Waals surface area contributed by atoms with E-state index in [9.17, 15) is 9.59 Å². The zero-order chi connectivity index (χ0) is 25.2. The Morgan fingerprint density at radius 3 is 2.51 bits per heavy atom. The number of nitrogens with zero attached hydrogens (tertiary/aromatic N) is 5. The summed E-state index contributed by atoms with van der Waals surface area (Å²) in [4.78, 5) is 30.9. The van der Waals surface area contributed by atoms with Crippen LogP contribution in [0.15, 0.2) is 58.3 Å². The normalized spacial score (nSPS) is 12.4. The molecule has 182 valence electrons. The predicted molar refractivity (Wildman–Crippen MR) is 134 cm³/mol. The number of aryl methyl sites for hydroxylation is 2. The van der Waals surface area contributed by atoms with E-state index in [0.717, 1.165) is 16.2 Å². The summed E-state index contributed by atoms with van der Waals surface area (Å²) < 4.78 is 5.56. The molecule has 3 aromatic heterocycles. The second-order valence-electron chi connectivity index (χ2n) is 9.26. The molecule has 0 bridgehead atoms. The van der Waals surface area contributed by atoms with E-state index in [0.29, 0.717) is 11.4 Å². The third kappa shape index (κ3) is 5.65. The quantitative estimate of drug-likeness (QED) is 0.412. The number of thiophene rings is 1. The SMILES string of the molecule is Cc1ccc(-c2nnn(CC(=O)N(c3ccccc3C)[C@H](C(=O)NC(C)(C)C)c3cccs3)n2)o1. The lowest BCUT2D eigenvalue weighted by Gasteiger charge is -2.33. The molecule has 35 heavy (non-hydrogen) atoms. The van der Waals surface area contributed by atoms with E-state index in [2.05, 4.69) is 20.7 Å². The minimum absolute atomic E-state index is 0.203. The summed E-state index contributed by atoms with van der Waals surface area (Å²) in [6.45, 7) is 9.26. The van der Waals surface area contributed by atoms with Crippen molar-refractivity contribution in [2.45, 2.75) is 52.7 Å². The highest BCUT2D eigenvalue weighted by Gasteiger charge is 2.36. The van der Waals surface area contributed by atoms with Crippen molar-refractivity contribution >= 4 is 28.8 Å². The average Bonchev–Trinajstić information content (AvgIpc) is 3.53. The van der Waals surface area contributed by atoms with Gasteiger partial charge in [0.25, 0.3) is 5.91 Å². The number of para-hydroxylation sites is 1. The first-order valence-corrected chi connectivity index (χ1v) is 12.1. The zero-order valence-corrected chi connectivity index (χ0v) is 21.2. The van der Waals surface area contributed by atoms with Gasteiger partial charge < -0.3 is 9.73 Å². The van der Waals surface area contributed by atoms with Crippen molar-refractivity contribution in [1.29, 1.82) is 0 Å². The zero-order valence-electron chi connectivity index (χ0n) is 20.3. The minimum atomic E-state index is -0.862. The van der Waals surface area contributed by atoms with Crippen LogP contribution in [0.1, 0.15) is 43.0 Å². The molecule has 1 N–H and O–H groups in total. The van der Waals surface area contributed by atoms with Crippen LogP contribution in [0.3, 0.4) is 0 Å². The molecule has 3 heterocycles. The number of carbonyl (C=O) groups is 2. The van der Waals surface area contributed by atoms with Crippen molar-refractivity contribution in [2.24, 2.45) is 0 Å². The third-order valence-corrected chi connectivity index (χ3v) is 6.08. The van der Waals surface area contributed by atoms with Gasteiger partial charge in [-0.1, -0.05) is 24.3 Å². The fourth-order valence-electron chi connectivity index (χ4n) is 3.67. The lowest BCUT2D eigenvalue weighted by molar-refractivity contribution is -0.128. The van der Waals surface area contributed by atoms with Gasteiger partial charge in [0.05, 0.1) is 0 Å². The van der Waals surface area contributed by atoms with E-state index in [1.807, 2.05) is 76.4 Å². The van der Waals surface area contributed by atoms with Crippen LogP contribution < -0.4 is 10.2 Å². The summed E-state index contributed by atoms with van der Waals surface area (Å²) in [7, 11) is 0. The molecule has 2 amide bonds. The number of hydrogen-bond acceptors (Lipinski definition) is 7. The van der Waals surface area contributed by atoms with Gasteiger partial charge >= 0.3 is 0 Å². The van der Waals surface area contributed by atoms with E-state index < -0.39 is 11.6 Å². The molecule has 0 unspecified atom stereocenters. The van der Waals surface area contributed by atoms with Gasteiger partial charge in [-0.2, -0.15) is 4.80 Å². The number of amides is 2. The lowest BCUT2D eigenvalue weighted by Crippen LogP contribution is -2.50. The van der Waals surface area contributed by atoms with Gasteiger partial charge in [-0.05, 0) is 75.0 Å². The van der Waals surface area contributed by atoms with Gasteiger partial charge in [0.2, 0.25) is 11.7 Å². The molecule has 10 heteroatoms. The number of furan rings is 1. The molecule has 4 rings (SSSR count). The molecule has 0 saturated carbocycles. The Bertz CT molecular complexity index is 1320. The van der Waals surface area contributed by atoms with Crippen molar-refractivity contribution in [2.75, 3.05) is 4.90 Å². The Morgan fingerprint density at radius 2 is 1.89 bits per heavy atom. The minimum Gasteiger partial charge on any atom is -0.458 e. The summed E-state index contributed by atoms with van der Waals surface area (Å²) in [6.07, 6.45) is 0. The van der Waals surface area contributed by atoms with E-state index in [1.54, 1.807) is 12.1 Å². The second kappa shape index (κ2) is 9.83. The molecule has 1 aromatic carbocycles. The Hall–Kier alpha value is -3.79. The van der Waals surface area contributed by atoms with Crippen LogP contribution in [0.25, 0.3) is 11.6 Å². The largest absolute Gasteiger partial charge is 0.458 e. The smallest absolute Gasteiger partial charge is 0.251 e. The van der Waals surface area contributed by atoms with E-state index >= 15 is 0 Å². The molecule has 4 aromatic rings. The molecule has 0 spiro atoms. The Kier molecular flexibility index (Phi) is 6.83. The molecule has 0 radical (unpaired) electrons. The molecule has 0 aliphatic carbocycles. The molecular weight excluding hydrogens is 464 g/mol. The van der Waals surface area contributed by atoms with Gasteiger partial charge in [0, 0.05) is 16.1 Å². The lowest BCUT2D eigenvalue weighted by atomic mass is 10.0. The van der Waals surface area contributed by atoms with Crippen molar-refractivity contribution in [1.82, 2.24) is 25.5 Å². The Labute approximate surface area is 207 Å². The fourth-order valence-corrected chi connectivity index (χ4v) is 4.48. The van der Waals surface area contributed by atoms with Crippen LogP contribution in [0, 0.1) is 13.8 Å². The van der Waals surface area contributed by atoms with Gasteiger partial charge in [0.15, 0.2) is 5.76 Å². The van der Waals surface area contributed by atoms with Crippen LogP contribution in [0.2, 0.25) is 0 Å². The number of tetrazole rings is 1. The maximum Gasteiger partial charge on any atom is 0.251 e.